The number of fused-ring (bicyclic) bond motifs is 5. The molecule has 0 spiro atoms. The van der Waals surface area contributed by atoms with E-state index in [2.05, 4.69) is 34.6 Å². The first kappa shape index (κ1) is 48.9. The largest absolute Gasteiger partial charge is 0.508 e. The zero-order valence-corrected chi connectivity index (χ0v) is 40.7. The zero-order valence-electron chi connectivity index (χ0n) is 40.7. The van der Waals surface area contributed by atoms with Crippen LogP contribution in [0, 0.1) is 29.9 Å². The van der Waals surface area contributed by atoms with Crippen molar-refractivity contribution in [3.05, 3.63) is 77.5 Å². The van der Waals surface area contributed by atoms with Crippen LogP contribution >= 0.6 is 0 Å². The highest BCUT2D eigenvalue weighted by molar-refractivity contribution is 6.03. The maximum Gasteiger partial charge on any atom is 0.410 e. The summed E-state index contributed by atoms with van der Waals surface area (Å²) < 4.78 is 50.4. The van der Waals surface area contributed by atoms with Crippen LogP contribution < -0.4 is 14.4 Å². The smallest absolute Gasteiger partial charge is 0.410 e. The number of phenolic OH excluding ortho intramolecular Hbond substituents is 1. The molecule has 12 nitrogen and oxygen atoms in total. The Kier molecular flexibility index (Phi) is 15.3. The molecule has 1 amide bonds. The Balaban J connectivity index is 0.864. The minimum absolute atomic E-state index is 0.0229. The number of phenols is 1. The van der Waals surface area contributed by atoms with Gasteiger partial charge in [-0.1, -0.05) is 102 Å². The Morgan fingerprint density at radius 3 is 2.34 bits per heavy atom. The number of esters is 1. The number of amides is 1. The molecule has 370 valence electrons. The van der Waals surface area contributed by atoms with Gasteiger partial charge in [0, 0.05) is 43.2 Å². The molecule has 9 rings (SSSR count). The number of carbonyl (C=O) groups is 2. The van der Waals surface area contributed by atoms with Crippen LogP contribution in [0.25, 0.3) is 32.9 Å². The first-order valence-corrected chi connectivity index (χ1v) is 25.7. The molecule has 4 aliphatic rings. The summed E-state index contributed by atoms with van der Waals surface area (Å²) >= 11 is 0. The maximum atomic E-state index is 17.3. The summed E-state index contributed by atoms with van der Waals surface area (Å²) in [5.74, 6) is 1.95. The second kappa shape index (κ2) is 21.9. The summed E-state index contributed by atoms with van der Waals surface area (Å²) in [6, 6.07) is 12.1. The molecule has 2 bridgehead atoms. The van der Waals surface area contributed by atoms with Gasteiger partial charge in [-0.2, -0.15) is 9.97 Å². The first-order chi connectivity index (χ1) is 34.0. The molecular formula is C56H66F2N6O6. The monoisotopic (exact) mass is 957 g/mol. The number of terminal acetylenes is 1. The van der Waals surface area contributed by atoms with Crippen LogP contribution in [-0.2, 0) is 16.1 Å². The fourth-order valence-corrected chi connectivity index (χ4v) is 11.7. The number of ether oxygens (including phenoxy) is 3. The van der Waals surface area contributed by atoms with E-state index in [1.165, 1.54) is 81.8 Å². The van der Waals surface area contributed by atoms with Crippen molar-refractivity contribution in [2.24, 2.45) is 5.92 Å². The summed E-state index contributed by atoms with van der Waals surface area (Å²) in [4.78, 5) is 46.9. The van der Waals surface area contributed by atoms with E-state index in [-0.39, 0.29) is 69.7 Å². The molecule has 0 saturated carbocycles. The van der Waals surface area contributed by atoms with E-state index in [1.807, 2.05) is 4.90 Å². The Morgan fingerprint density at radius 1 is 0.914 bits per heavy atom. The van der Waals surface area contributed by atoms with E-state index < -0.39 is 17.7 Å². The molecule has 5 aromatic rings. The Morgan fingerprint density at radius 2 is 1.63 bits per heavy atom. The third-order valence-electron chi connectivity index (χ3n) is 15.1. The van der Waals surface area contributed by atoms with E-state index in [1.54, 1.807) is 24.3 Å². The van der Waals surface area contributed by atoms with E-state index in [0.29, 0.717) is 54.4 Å². The molecule has 1 N–H and O–H groups in total. The number of nitrogens with zero attached hydrogens (tertiary/aromatic N) is 6. The average molecular weight is 957 g/mol. The molecule has 0 aliphatic carbocycles. The number of hydrogen-bond acceptors (Lipinski definition) is 11. The Labute approximate surface area is 410 Å². The number of carbonyl (C=O) groups excluding carboxylic acids is 2. The highest BCUT2D eigenvalue weighted by Crippen LogP contribution is 2.43. The number of halogens is 2. The highest BCUT2D eigenvalue weighted by atomic mass is 19.1. The van der Waals surface area contributed by atoms with Gasteiger partial charge >= 0.3 is 18.1 Å². The molecule has 4 atom stereocenters. The number of aromatic nitrogens is 3. The predicted molar refractivity (Wildman–Crippen MR) is 267 cm³/mol. The van der Waals surface area contributed by atoms with Crippen LogP contribution in [0.1, 0.15) is 134 Å². The number of unbranched alkanes of at least 4 members (excludes halogenated alkanes) is 10. The van der Waals surface area contributed by atoms with Gasteiger partial charge < -0.3 is 24.2 Å². The lowest BCUT2D eigenvalue weighted by atomic mass is 9.92. The van der Waals surface area contributed by atoms with Gasteiger partial charge in [-0.15, -0.1) is 6.42 Å². The minimum Gasteiger partial charge on any atom is -0.508 e. The van der Waals surface area contributed by atoms with E-state index >= 15 is 8.78 Å². The fourth-order valence-electron chi connectivity index (χ4n) is 11.7. The fraction of sp³-hybridized carbons (Fsp3) is 0.518. The summed E-state index contributed by atoms with van der Waals surface area (Å²) in [5.41, 5.74) is 0.473. The van der Waals surface area contributed by atoms with E-state index in [0.717, 1.165) is 70.0 Å². The summed E-state index contributed by atoms with van der Waals surface area (Å²) in [6.07, 6.45) is 25.2. The number of pyridine rings is 1. The molecule has 4 aliphatic heterocycles. The SMILES string of the molecule is C#Cc1c(F)ccc2cc(O)cc(-c3ncc4c(N5CC6CCC(C5)N6C(=O)OCc5ccc(OC(=O)CCCCCCCCCCCCC)cc5)nc(OC[C@@]56CCCN5CC(C)C6)nc4c3F)c12. The molecule has 3 aromatic carbocycles. The predicted octanol–water partition coefficient (Wildman–Crippen LogP) is 11.7. The van der Waals surface area contributed by atoms with Gasteiger partial charge in [-0.3, -0.25) is 19.6 Å². The highest BCUT2D eigenvalue weighted by Gasteiger charge is 2.48. The number of benzene rings is 3. The Bertz CT molecular complexity index is 2720. The maximum absolute atomic E-state index is 17.3. The van der Waals surface area contributed by atoms with Gasteiger partial charge in [0.2, 0.25) is 0 Å². The van der Waals surface area contributed by atoms with Crippen LogP contribution in [0.3, 0.4) is 0 Å². The van der Waals surface area contributed by atoms with Gasteiger partial charge in [0.25, 0.3) is 0 Å². The van der Waals surface area contributed by atoms with Gasteiger partial charge in [0.05, 0.1) is 28.6 Å². The molecular weight excluding hydrogens is 891 g/mol. The standard InChI is InChI=1S/C56H66F2N6O6/c1-4-6-7-8-9-10-11-12-13-14-15-17-48(66)70-43-23-18-38(19-24-43)35-68-55(67)64-40-21-22-41(64)34-62(33-40)53-46-31-59-51(45-29-42(65)28-39-20-25-47(57)44(5-2)49(39)45)50(58)52(46)60-54(61-53)69-36-56-26-16-27-63(56)32-37(3)30-56/h2,18-20,23-25,28-29,31,37,40-41,65H,4,6-17,21-22,26-27,30,32-36H2,1,3H3/t37?,40?,41?,56-/m0/s1. The lowest BCUT2D eigenvalue weighted by molar-refractivity contribution is -0.134. The van der Waals surface area contributed by atoms with E-state index in [9.17, 15) is 14.7 Å². The number of rotatable bonds is 20. The van der Waals surface area contributed by atoms with Crippen molar-refractivity contribution in [3.63, 3.8) is 0 Å². The van der Waals surface area contributed by atoms with Crippen molar-refractivity contribution >= 4 is 39.6 Å². The van der Waals surface area contributed by atoms with Crippen molar-refractivity contribution in [1.82, 2.24) is 24.8 Å². The molecule has 6 heterocycles. The normalized spacial score (nSPS) is 20.8. The van der Waals surface area contributed by atoms with Crippen LogP contribution in [0.4, 0.5) is 19.4 Å². The second-order valence-corrected chi connectivity index (χ2v) is 20.2. The van der Waals surface area contributed by atoms with Crippen molar-refractivity contribution < 1.29 is 37.7 Å². The molecule has 4 saturated heterocycles. The molecule has 2 aromatic heterocycles. The van der Waals surface area contributed by atoms with Gasteiger partial charge in [-0.05, 0) is 92.3 Å². The molecule has 3 unspecified atom stereocenters. The number of aromatic hydroxyl groups is 1. The quantitative estimate of drug-likeness (QED) is 0.0346. The van der Waals surface area contributed by atoms with E-state index in [4.69, 9.17) is 30.6 Å². The van der Waals surface area contributed by atoms with Gasteiger partial charge in [-0.25, -0.2) is 13.6 Å². The topological polar surface area (TPSA) is 130 Å². The lowest BCUT2D eigenvalue weighted by Crippen LogP contribution is -2.56. The third-order valence-corrected chi connectivity index (χ3v) is 15.1. The Hall–Kier alpha value is -6.07. The molecule has 4 fully saturated rings. The van der Waals surface area contributed by atoms with Crippen LogP contribution in [0.5, 0.6) is 17.5 Å². The molecule has 0 radical (unpaired) electrons. The second-order valence-electron chi connectivity index (χ2n) is 20.2. The minimum atomic E-state index is -0.795. The third kappa shape index (κ3) is 10.6. The zero-order chi connectivity index (χ0) is 48.8. The first-order valence-electron chi connectivity index (χ1n) is 25.7. The van der Waals surface area contributed by atoms with Crippen LogP contribution in [0.2, 0.25) is 0 Å². The van der Waals surface area contributed by atoms with Crippen molar-refractivity contribution in [2.75, 3.05) is 37.7 Å². The molecule has 14 heteroatoms. The lowest BCUT2D eigenvalue weighted by Gasteiger charge is -2.41. The van der Waals surface area contributed by atoms with Gasteiger partial charge in [0.1, 0.15) is 47.6 Å². The van der Waals surface area contributed by atoms with Crippen molar-refractivity contribution in [2.45, 2.75) is 147 Å². The molecule has 70 heavy (non-hydrogen) atoms. The van der Waals surface area contributed by atoms with Crippen molar-refractivity contribution in [3.8, 4) is 41.1 Å². The van der Waals surface area contributed by atoms with Crippen LogP contribution in [0.15, 0.2) is 54.7 Å². The summed E-state index contributed by atoms with van der Waals surface area (Å²) in [5, 5.41) is 11.8. The summed E-state index contributed by atoms with van der Waals surface area (Å²) in [6.45, 7) is 7.68. The number of piperazine rings is 1. The van der Waals surface area contributed by atoms with Gasteiger partial charge in [0.15, 0.2) is 5.82 Å². The summed E-state index contributed by atoms with van der Waals surface area (Å²) in [7, 11) is 0. The number of anilines is 1. The van der Waals surface area contributed by atoms with Crippen LogP contribution in [-0.4, -0.2) is 92.3 Å². The average Bonchev–Trinajstić information content (AvgIpc) is 3.98. The van der Waals surface area contributed by atoms with Crippen molar-refractivity contribution in [1.29, 1.82) is 0 Å². The number of hydrogen-bond donors (Lipinski definition) is 1.